The number of para-hydroxylation sites is 2. The largest absolute Gasteiger partial charge is 0.308 e. The Morgan fingerprint density at radius 2 is 1.79 bits per heavy atom. The molecule has 0 aliphatic heterocycles. The molecule has 0 aliphatic rings. The second kappa shape index (κ2) is 6.77. The van der Waals surface area contributed by atoms with Gasteiger partial charge in [-0.05, 0) is 32.1 Å². The second-order valence-electron chi connectivity index (χ2n) is 6.13. The fourth-order valence-corrected chi connectivity index (χ4v) is 3.41. The molecular weight excluding hydrogens is 300 g/mol. The van der Waals surface area contributed by atoms with Crippen LogP contribution >= 0.6 is 0 Å². The van der Waals surface area contributed by atoms with Gasteiger partial charge in [-0.25, -0.2) is 4.98 Å². The van der Waals surface area contributed by atoms with Gasteiger partial charge < -0.3 is 9.47 Å². The molecule has 0 atom stereocenters. The normalized spacial score (nSPS) is 11.9. The lowest BCUT2D eigenvalue weighted by Gasteiger charge is -2.18. The topological polar surface area (TPSA) is 42.5 Å². The van der Waals surface area contributed by atoms with Crippen LogP contribution in [-0.2, 0) is 6.54 Å². The summed E-state index contributed by atoms with van der Waals surface area (Å²) in [6.07, 6.45) is 0.494. The van der Waals surface area contributed by atoms with Gasteiger partial charge in [-0.1, -0.05) is 32.9 Å². The van der Waals surface area contributed by atoms with Gasteiger partial charge in [0.2, 0.25) is 5.78 Å². The number of hydrogen-bond acceptors (Lipinski definition) is 3. The van der Waals surface area contributed by atoms with Crippen LogP contribution < -0.4 is 0 Å². The maximum absolute atomic E-state index is 12.4. The number of hydrogen-bond donors (Lipinski definition) is 0. The van der Waals surface area contributed by atoms with Gasteiger partial charge in [0.1, 0.15) is 5.69 Å². The first-order chi connectivity index (χ1) is 11.6. The average molecular weight is 326 g/mol. The van der Waals surface area contributed by atoms with Crippen molar-refractivity contribution in [3.63, 3.8) is 0 Å². The van der Waals surface area contributed by atoms with E-state index in [1.165, 1.54) is 0 Å². The third-order valence-corrected chi connectivity index (χ3v) is 4.81. The van der Waals surface area contributed by atoms with Crippen molar-refractivity contribution in [2.45, 2.75) is 40.7 Å². The predicted molar refractivity (Wildman–Crippen MR) is 97.8 cm³/mol. The summed E-state index contributed by atoms with van der Waals surface area (Å²) < 4.78 is 4.28. The zero-order valence-corrected chi connectivity index (χ0v) is 15.0. The molecule has 0 saturated heterocycles. The number of fused-ring (bicyclic) bond motifs is 3. The number of carbonyl (C=O) groups is 1. The number of aryl methyl sites for hydroxylation is 1. The molecule has 3 rings (SSSR count). The Kier molecular flexibility index (Phi) is 4.71. The van der Waals surface area contributed by atoms with Gasteiger partial charge >= 0.3 is 0 Å². The van der Waals surface area contributed by atoms with Crippen LogP contribution in [0.3, 0.4) is 0 Å². The average Bonchev–Trinajstić information content (AvgIpc) is 3.09. The maximum atomic E-state index is 12.4. The molecule has 0 bridgehead atoms. The number of likely N-dealkylation sites (N-methyl/N-ethyl adjacent to an activating group) is 1. The Hall–Kier alpha value is -2.14. The molecular formula is C19H26N4O. The molecule has 3 aromatic rings. The highest BCUT2D eigenvalue weighted by molar-refractivity contribution is 5.98. The van der Waals surface area contributed by atoms with Crippen molar-refractivity contribution in [1.29, 1.82) is 0 Å². The molecule has 0 N–H and O–H groups in total. The highest BCUT2D eigenvalue weighted by atomic mass is 16.1. The standard InChI is InChI=1S/C19H26N4O/c1-5-17(24)18-14(4)20-19-22(13-12-21(6-2)7-3)15-10-8-9-11-16(15)23(18)19/h8-11H,5-7,12-13H2,1-4H3. The van der Waals surface area contributed by atoms with Crippen LogP contribution in [0.15, 0.2) is 24.3 Å². The summed E-state index contributed by atoms with van der Waals surface area (Å²) in [6.45, 7) is 12.1. The Bertz CT molecular complexity index is 870. The lowest BCUT2D eigenvalue weighted by atomic mass is 10.2. The molecule has 0 spiro atoms. The van der Waals surface area contributed by atoms with E-state index in [0.29, 0.717) is 6.42 Å². The Labute approximate surface area is 142 Å². The number of nitrogens with zero attached hydrogens (tertiary/aromatic N) is 4. The number of carbonyl (C=O) groups excluding carboxylic acids is 1. The van der Waals surface area contributed by atoms with Crippen molar-refractivity contribution in [3.8, 4) is 0 Å². The Morgan fingerprint density at radius 3 is 2.42 bits per heavy atom. The monoisotopic (exact) mass is 326 g/mol. The summed E-state index contributed by atoms with van der Waals surface area (Å²) in [5, 5.41) is 0. The van der Waals surface area contributed by atoms with Crippen LogP contribution in [0, 0.1) is 6.92 Å². The summed E-state index contributed by atoms with van der Waals surface area (Å²) in [5.74, 6) is 1.02. The fraction of sp³-hybridized carbons (Fsp3) is 0.474. The smallest absolute Gasteiger partial charge is 0.215 e. The second-order valence-corrected chi connectivity index (χ2v) is 6.13. The minimum atomic E-state index is 0.145. The first-order valence-corrected chi connectivity index (χ1v) is 8.84. The van der Waals surface area contributed by atoms with Crippen molar-refractivity contribution in [3.05, 3.63) is 35.7 Å². The Morgan fingerprint density at radius 1 is 1.12 bits per heavy atom. The minimum Gasteiger partial charge on any atom is -0.308 e. The van der Waals surface area contributed by atoms with Crippen molar-refractivity contribution in [2.24, 2.45) is 0 Å². The lowest BCUT2D eigenvalue weighted by Crippen LogP contribution is -2.27. The first-order valence-electron chi connectivity index (χ1n) is 8.84. The van der Waals surface area contributed by atoms with E-state index in [1.807, 2.05) is 30.4 Å². The first kappa shape index (κ1) is 16.7. The molecule has 1 aromatic carbocycles. The maximum Gasteiger partial charge on any atom is 0.215 e. The van der Waals surface area contributed by atoms with Crippen molar-refractivity contribution in [2.75, 3.05) is 19.6 Å². The number of aromatic nitrogens is 3. The third-order valence-electron chi connectivity index (χ3n) is 4.81. The molecule has 5 nitrogen and oxygen atoms in total. The number of ketones is 1. The van der Waals surface area contributed by atoms with E-state index in [9.17, 15) is 4.79 Å². The molecule has 2 heterocycles. The van der Waals surface area contributed by atoms with Crippen LogP contribution in [0.1, 0.15) is 43.4 Å². The van der Waals surface area contributed by atoms with Gasteiger partial charge in [0.05, 0.1) is 16.7 Å². The molecule has 128 valence electrons. The van der Waals surface area contributed by atoms with Gasteiger partial charge in [-0.2, -0.15) is 0 Å². The van der Waals surface area contributed by atoms with E-state index in [4.69, 9.17) is 4.98 Å². The van der Waals surface area contributed by atoms with Crippen molar-refractivity contribution >= 4 is 22.6 Å². The molecule has 0 saturated carbocycles. The van der Waals surface area contributed by atoms with Crippen molar-refractivity contribution < 1.29 is 4.79 Å². The zero-order chi connectivity index (χ0) is 17.3. The number of Topliss-reactive ketones (excluding diaryl/α,β-unsaturated/α-hetero) is 1. The highest BCUT2D eigenvalue weighted by Gasteiger charge is 2.21. The quantitative estimate of drug-likeness (QED) is 0.624. The van der Waals surface area contributed by atoms with Gasteiger partial charge in [0, 0.05) is 19.5 Å². The van der Waals surface area contributed by atoms with Gasteiger partial charge in [-0.15, -0.1) is 0 Å². The van der Waals surface area contributed by atoms with E-state index in [2.05, 4.69) is 35.4 Å². The minimum absolute atomic E-state index is 0.145. The fourth-order valence-electron chi connectivity index (χ4n) is 3.41. The van der Waals surface area contributed by atoms with Crippen LogP contribution in [-0.4, -0.2) is 44.3 Å². The summed E-state index contributed by atoms with van der Waals surface area (Å²) >= 11 is 0. The molecule has 2 aromatic heterocycles. The zero-order valence-electron chi connectivity index (χ0n) is 15.0. The lowest BCUT2D eigenvalue weighted by molar-refractivity contribution is 0.0982. The summed E-state index contributed by atoms with van der Waals surface area (Å²) in [5.41, 5.74) is 3.74. The van der Waals surface area contributed by atoms with E-state index in [0.717, 1.165) is 54.4 Å². The van der Waals surface area contributed by atoms with E-state index >= 15 is 0 Å². The molecule has 0 aliphatic carbocycles. The summed E-state index contributed by atoms with van der Waals surface area (Å²) in [4.78, 5) is 19.6. The Balaban J connectivity index is 2.18. The van der Waals surface area contributed by atoms with Gasteiger partial charge in [-0.3, -0.25) is 9.20 Å². The van der Waals surface area contributed by atoms with Crippen LogP contribution in [0.25, 0.3) is 16.8 Å². The molecule has 0 radical (unpaired) electrons. The number of rotatable bonds is 7. The SMILES string of the molecule is CCC(=O)c1c(C)nc2n(CCN(CC)CC)c3ccccc3n12. The van der Waals surface area contributed by atoms with Gasteiger partial charge in [0.25, 0.3) is 0 Å². The molecule has 24 heavy (non-hydrogen) atoms. The summed E-state index contributed by atoms with van der Waals surface area (Å²) in [7, 11) is 0. The number of imidazole rings is 2. The molecule has 0 unspecified atom stereocenters. The molecule has 0 amide bonds. The highest BCUT2D eigenvalue weighted by Crippen LogP contribution is 2.25. The molecule has 0 fully saturated rings. The number of benzene rings is 1. The van der Waals surface area contributed by atoms with E-state index < -0.39 is 0 Å². The molecule has 5 heteroatoms. The van der Waals surface area contributed by atoms with E-state index in [-0.39, 0.29) is 5.78 Å². The third kappa shape index (κ3) is 2.63. The van der Waals surface area contributed by atoms with Crippen LogP contribution in [0.5, 0.6) is 0 Å². The van der Waals surface area contributed by atoms with Gasteiger partial charge in [0.15, 0.2) is 5.78 Å². The van der Waals surface area contributed by atoms with Crippen LogP contribution in [0.2, 0.25) is 0 Å². The van der Waals surface area contributed by atoms with E-state index in [1.54, 1.807) is 0 Å². The van der Waals surface area contributed by atoms with Crippen LogP contribution in [0.4, 0.5) is 0 Å². The van der Waals surface area contributed by atoms with Crippen molar-refractivity contribution in [1.82, 2.24) is 18.9 Å². The predicted octanol–water partition coefficient (Wildman–Crippen LogP) is 3.53. The summed E-state index contributed by atoms with van der Waals surface area (Å²) in [6, 6.07) is 8.25.